The first-order chi connectivity index (χ1) is 14.4. The molecule has 7 heteroatoms. The van der Waals surface area contributed by atoms with E-state index in [0.29, 0.717) is 24.3 Å². The van der Waals surface area contributed by atoms with E-state index in [4.69, 9.17) is 0 Å². The Balaban J connectivity index is 1.62. The number of benzene rings is 2. The number of nitrogens with one attached hydrogen (secondary N) is 2. The van der Waals surface area contributed by atoms with E-state index in [-0.39, 0.29) is 5.91 Å². The summed E-state index contributed by atoms with van der Waals surface area (Å²) < 4.78 is 6.62. The van der Waals surface area contributed by atoms with Gasteiger partial charge in [0.2, 0.25) is 0 Å². The fourth-order valence-corrected chi connectivity index (χ4v) is 3.40. The minimum atomic E-state index is -0.404. The Hall–Kier alpha value is -3.45. The molecule has 3 aromatic rings. The zero-order valence-corrected chi connectivity index (χ0v) is 17.7. The third-order valence-corrected chi connectivity index (χ3v) is 4.97. The predicted octanol–water partition coefficient (Wildman–Crippen LogP) is 1.93. The second-order valence-electron chi connectivity index (χ2n) is 7.32. The summed E-state index contributed by atoms with van der Waals surface area (Å²) in [7, 11) is 3.32. The third kappa shape index (κ3) is 4.93. The molecule has 3 rings (SSSR count). The van der Waals surface area contributed by atoms with Crippen LogP contribution in [0.15, 0.2) is 54.6 Å². The van der Waals surface area contributed by atoms with E-state index >= 15 is 0 Å². The predicted molar refractivity (Wildman–Crippen MR) is 115 cm³/mol. The molecule has 1 atom stereocenters. The zero-order chi connectivity index (χ0) is 21.7. The summed E-state index contributed by atoms with van der Waals surface area (Å²) in [5.74, 6) is -0.497. The SMILES string of the molecule is COC(=O)c1ccc(NC(=O)C[NH+](C)Cc2c(C)nn(-c3ccccc3)c2C)cc1. The van der Waals surface area contributed by atoms with Crippen molar-refractivity contribution in [2.75, 3.05) is 26.0 Å². The van der Waals surface area contributed by atoms with Crippen LogP contribution in [0.5, 0.6) is 0 Å². The van der Waals surface area contributed by atoms with Crippen molar-refractivity contribution >= 4 is 17.6 Å². The molecule has 1 aromatic heterocycles. The lowest BCUT2D eigenvalue weighted by Crippen LogP contribution is -3.08. The molecular formula is C23H27N4O3+. The van der Waals surface area contributed by atoms with Crippen LogP contribution in [0.1, 0.15) is 27.3 Å². The molecule has 0 aliphatic heterocycles. The van der Waals surface area contributed by atoms with Crippen molar-refractivity contribution < 1.29 is 19.2 Å². The summed E-state index contributed by atoms with van der Waals surface area (Å²) in [4.78, 5) is 25.0. The number of hydrogen-bond donors (Lipinski definition) is 2. The van der Waals surface area contributed by atoms with Gasteiger partial charge in [-0.05, 0) is 50.2 Å². The van der Waals surface area contributed by atoms with Gasteiger partial charge in [0.05, 0.1) is 42.4 Å². The number of methoxy groups -OCH3 is 1. The number of quaternary nitrogens is 1. The number of likely N-dealkylation sites (N-methyl/N-ethyl adjacent to an activating group) is 1. The van der Waals surface area contributed by atoms with Crippen LogP contribution in [0, 0.1) is 13.8 Å². The first-order valence-corrected chi connectivity index (χ1v) is 9.79. The molecule has 1 unspecified atom stereocenters. The summed E-state index contributed by atoms with van der Waals surface area (Å²) in [6.45, 7) is 5.06. The van der Waals surface area contributed by atoms with Gasteiger partial charge in [-0.15, -0.1) is 0 Å². The van der Waals surface area contributed by atoms with Crippen molar-refractivity contribution in [3.05, 3.63) is 77.1 Å². The van der Waals surface area contributed by atoms with Gasteiger partial charge in [-0.3, -0.25) is 4.79 Å². The minimum absolute atomic E-state index is 0.0934. The number of carbonyl (C=O) groups excluding carboxylic acids is 2. The Kier molecular flexibility index (Phi) is 6.64. The van der Waals surface area contributed by atoms with Crippen LogP contribution < -0.4 is 10.2 Å². The largest absolute Gasteiger partial charge is 0.465 e. The smallest absolute Gasteiger partial charge is 0.337 e. The topological polar surface area (TPSA) is 77.7 Å². The van der Waals surface area contributed by atoms with Crippen LogP contribution >= 0.6 is 0 Å². The summed E-state index contributed by atoms with van der Waals surface area (Å²) in [6, 6.07) is 16.7. The van der Waals surface area contributed by atoms with Gasteiger partial charge in [0.15, 0.2) is 6.54 Å². The summed E-state index contributed by atoms with van der Waals surface area (Å²) >= 11 is 0. The number of rotatable bonds is 7. The highest BCUT2D eigenvalue weighted by Gasteiger charge is 2.18. The number of aryl methyl sites for hydroxylation is 1. The molecule has 0 bridgehead atoms. The van der Waals surface area contributed by atoms with Gasteiger partial charge in [-0.2, -0.15) is 5.10 Å². The second kappa shape index (κ2) is 9.37. The van der Waals surface area contributed by atoms with E-state index in [1.54, 1.807) is 24.3 Å². The average Bonchev–Trinajstić information content (AvgIpc) is 3.02. The Morgan fingerprint density at radius 2 is 1.73 bits per heavy atom. The fraction of sp³-hybridized carbons (Fsp3) is 0.261. The van der Waals surface area contributed by atoms with Crippen LogP contribution in [-0.4, -0.2) is 42.4 Å². The molecule has 2 N–H and O–H groups in total. The van der Waals surface area contributed by atoms with Crippen LogP contribution in [0.3, 0.4) is 0 Å². The van der Waals surface area contributed by atoms with E-state index in [1.807, 2.05) is 49.0 Å². The summed E-state index contributed by atoms with van der Waals surface area (Å²) in [5.41, 5.74) is 5.30. The number of nitrogens with zero attached hydrogens (tertiary/aromatic N) is 2. The normalized spacial score (nSPS) is 11.7. The van der Waals surface area contributed by atoms with Gasteiger partial charge in [-0.25, -0.2) is 9.48 Å². The molecule has 1 amide bonds. The van der Waals surface area contributed by atoms with Crippen molar-refractivity contribution in [2.24, 2.45) is 0 Å². The van der Waals surface area contributed by atoms with Crippen molar-refractivity contribution in [1.29, 1.82) is 0 Å². The first-order valence-electron chi connectivity index (χ1n) is 9.79. The van der Waals surface area contributed by atoms with Gasteiger partial charge in [0.25, 0.3) is 5.91 Å². The number of esters is 1. The van der Waals surface area contributed by atoms with Gasteiger partial charge in [0, 0.05) is 5.69 Å². The maximum absolute atomic E-state index is 12.4. The Labute approximate surface area is 176 Å². The highest BCUT2D eigenvalue weighted by Crippen LogP contribution is 2.17. The average molecular weight is 407 g/mol. The number of anilines is 1. The zero-order valence-electron chi connectivity index (χ0n) is 17.7. The van der Waals surface area contributed by atoms with Crippen molar-refractivity contribution in [2.45, 2.75) is 20.4 Å². The van der Waals surface area contributed by atoms with Gasteiger partial charge in [-0.1, -0.05) is 18.2 Å². The molecule has 0 radical (unpaired) electrons. The van der Waals surface area contributed by atoms with E-state index in [9.17, 15) is 9.59 Å². The van der Waals surface area contributed by atoms with Crippen LogP contribution in [0.25, 0.3) is 5.69 Å². The van der Waals surface area contributed by atoms with Crippen molar-refractivity contribution in [1.82, 2.24) is 9.78 Å². The molecule has 1 heterocycles. The minimum Gasteiger partial charge on any atom is -0.465 e. The highest BCUT2D eigenvalue weighted by atomic mass is 16.5. The van der Waals surface area contributed by atoms with E-state index < -0.39 is 5.97 Å². The van der Waals surface area contributed by atoms with Crippen LogP contribution in [-0.2, 0) is 16.1 Å². The lowest BCUT2D eigenvalue weighted by molar-refractivity contribution is -0.885. The molecule has 0 fully saturated rings. The van der Waals surface area contributed by atoms with E-state index in [1.165, 1.54) is 7.11 Å². The molecular weight excluding hydrogens is 380 g/mol. The standard InChI is InChI=1S/C23H26N4O3/c1-16-21(17(2)27(25-16)20-8-6-5-7-9-20)14-26(3)15-22(28)24-19-12-10-18(11-13-19)23(29)30-4/h5-13H,14-15H2,1-4H3,(H,24,28)/p+1. The molecule has 0 aliphatic carbocycles. The molecule has 30 heavy (non-hydrogen) atoms. The van der Waals surface area contributed by atoms with E-state index in [0.717, 1.165) is 27.5 Å². The third-order valence-electron chi connectivity index (χ3n) is 4.97. The maximum atomic E-state index is 12.4. The molecule has 0 saturated heterocycles. The molecule has 156 valence electrons. The lowest BCUT2D eigenvalue weighted by Gasteiger charge is -2.14. The van der Waals surface area contributed by atoms with Crippen molar-refractivity contribution in [3.63, 3.8) is 0 Å². The summed E-state index contributed by atoms with van der Waals surface area (Å²) in [5, 5.41) is 7.55. The van der Waals surface area contributed by atoms with Crippen molar-refractivity contribution in [3.8, 4) is 5.69 Å². The van der Waals surface area contributed by atoms with Crippen LogP contribution in [0.2, 0.25) is 0 Å². The molecule has 0 spiro atoms. The number of ether oxygens (including phenoxy) is 1. The number of hydrogen-bond acceptors (Lipinski definition) is 4. The lowest BCUT2D eigenvalue weighted by atomic mass is 10.2. The van der Waals surface area contributed by atoms with Crippen LogP contribution in [0.4, 0.5) is 5.69 Å². The second-order valence-corrected chi connectivity index (χ2v) is 7.32. The Morgan fingerprint density at radius 3 is 2.37 bits per heavy atom. The molecule has 0 saturated carbocycles. The fourth-order valence-electron chi connectivity index (χ4n) is 3.40. The monoisotopic (exact) mass is 407 g/mol. The first kappa shape index (κ1) is 21.3. The molecule has 2 aromatic carbocycles. The Morgan fingerprint density at radius 1 is 1.07 bits per heavy atom. The van der Waals surface area contributed by atoms with E-state index in [2.05, 4.69) is 22.1 Å². The number of carbonyl (C=O) groups is 2. The quantitative estimate of drug-likeness (QED) is 0.587. The molecule has 7 nitrogen and oxygen atoms in total. The number of amides is 1. The maximum Gasteiger partial charge on any atom is 0.337 e. The molecule has 0 aliphatic rings. The van der Waals surface area contributed by atoms with Gasteiger partial charge in [0.1, 0.15) is 6.54 Å². The highest BCUT2D eigenvalue weighted by molar-refractivity contribution is 5.93. The van der Waals surface area contributed by atoms with Gasteiger partial charge >= 0.3 is 5.97 Å². The number of para-hydroxylation sites is 1. The number of aromatic nitrogens is 2. The Bertz CT molecular complexity index is 1030. The van der Waals surface area contributed by atoms with Gasteiger partial charge < -0.3 is 15.0 Å². The summed E-state index contributed by atoms with van der Waals surface area (Å²) in [6.07, 6.45) is 0.